The smallest absolute Gasteiger partial charge is 0.0994 e. The fourth-order valence-electron chi connectivity index (χ4n) is 3.09. The van der Waals surface area contributed by atoms with Crippen LogP contribution in [0, 0.1) is 11.8 Å². The molecule has 2 atom stereocenters. The maximum atomic E-state index is 5.62. The molecule has 0 bridgehead atoms. The lowest BCUT2D eigenvalue weighted by Gasteiger charge is -2.23. The maximum Gasteiger partial charge on any atom is 0.0994 e. The van der Waals surface area contributed by atoms with Crippen molar-refractivity contribution in [2.75, 3.05) is 6.54 Å². The van der Waals surface area contributed by atoms with Crippen molar-refractivity contribution in [1.29, 1.82) is 0 Å². The van der Waals surface area contributed by atoms with Crippen molar-refractivity contribution >= 4 is 6.21 Å². The molecule has 1 aliphatic carbocycles. The number of nitrogens with zero attached hydrogens (tertiary/aromatic N) is 1. The lowest BCUT2D eigenvalue weighted by molar-refractivity contribution is 0.321. The van der Waals surface area contributed by atoms with Gasteiger partial charge in [0.05, 0.1) is 6.17 Å². The molecule has 0 aromatic heterocycles. The Kier molecular flexibility index (Phi) is 5.90. The molecule has 2 rings (SSSR count). The first kappa shape index (κ1) is 14.6. The van der Waals surface area contributed by atoms with E-state index in [1.165, 1.54) is 38.5 Å². The van der Waals surface area contributed by atoms with Crippen LogP contribution in [0.2, 0.25) is 0 Å². The van der Waals surface area contributed by atoms with E-state index in [1.807, 2.05) is 6.21 Å². The van der Waals surface area contributed by atoms with Gasteiger partial charge in [0.2, 0.25) is 0 Å². The van der Waals surface area contributed by atoms with Crippen LogP contribution in [0.5, 0.6) is 0 Å². The number of nitrogens with two attached hydrogens (primary N) is 1. The fraction of sp³-hybridized carbons (Fsp3) is 0.812. The summed E-state index contributed by atoms with van der Waals surface area (Å²) in [5, 5.41) is 3.59. The van der Waals surface area contributed by atoms with E-state index in [2.05, 4.69) is 17.2 Å². The highest BCUT2D eigenvalue weighted by molar-refractivity contribution is 5.78. The van der Waals surface area contributed by atoms with Gasteiger partial charge >= 0.3 is 0 Å². The second-order valence-electron chi connectivity index (χ2n) is 6.06. The van der Waals surface area contributed by atoms with Crippen molar-refractivity contribution in [3.63, 3.8) is 0 Å². The van der Waals surface area contributed by atoms with Crippen molar-refractivity contribution in [2.24, 2.45) is 22.6 Å². The van der Waals surface area contributed by atoms with Gasteiger partial charge in [-0.05, 0) is 68.7 Å². The Morgan fingerprint density at radius 1 is 1.21 bits per heavy atom. The zero-order chi connectivity index (χ0) is 13.5. The van der Waals surface area contributed by atoms with Crippen molar-refractivity contribution in [3.05, 3.63) is 11.8 Å². The minimum absolute atomic E-state index is 0.298. The topological polar surface area (TPSA) is 50.4 Å². The summed E-state index contributed by atoms with van der Waals surface area (Å²) in [5.74, 6) is 2.04. The summed E-state index contributed by atoms with van der Waals surface area (Å²) in [7, 11) is 0. The molecule has 0 aromatic carbocycles. The molecule has 3 nitrogen and oxygen atoms in total. The van der Waals surface area contributed by atoms with E-state index < -0.39 is 0 Å². The summed E-state index contributed by atoms with van der Waals surface area (Å²) in [5.41, 5.74) is 6.77. The van der Waals surface area contributed by atoms with Crippen molar-refractivity contribution < 1.29 is 0 Å². The van der Waals surface area contributed by atoms with Crippen LogP contribution in [0.4, 0.5) is 0 Å². The lowest BCUT2D eigenvalue weighted by atomic mass is 9.91. The maximum absolute atomic E-state index is 5.62. The predicted octanol–water partition coefficient (Wildman–Crippen LogP) is 3.22. The first-order valence-electron chi connectivity index (χ1n) is 8.00. The van der Waals surface area contributed by atoms with Crippen LogP contribution in [-0.2, 0) is 0 Å². The summed E-state index contributed by atoms with van der Waals surface area (Å²) in [6, 6.07) is 0. The first-order chi connectivity index (χ1) is 9.33. The molecule has 108 valence electrons. The van der Waals surface area contributed by atoms with Crippen LogP contribution in [0.15, 0.2) is 16.8 Å². The molecule has 1 saturated heterocycles. The third-order valence-electron chi connectivity index (χ3n) is 4.41. The van der Waals surface area contributed by atoms with Gasteiger partial charge in [0.15, 0.2) is 0 Å². The summed E-state index contributed by atoms with van der Waals surface area (Å²) in [6.45, 7) is 3.29. The zero-order valence-corrected chi connectivity index (χ0v) is 12.3. The first-order valence-corrected chi connectivity index (χ1v) is 8.00. The van der Waals surface area contributed by atoms with Crippen LogP contribution >= 0.6 is 0 Å². The van der Waals surface area contributed by atoms with Gasteiger partial charge in [0, 0.05) is 6.21 Å². The van der Waals surface area contributed by atoms with Crippen LogP contribution in [-0.4, -0.2) is 18.9 Å². The highest BCUT2D eigenvalue weighted by atomic mass is 15.1. The van der Waals surface area contributed by atoms with E-state index in [0.29, 0.717) is 6.17 Å². The third kappa shape index (κ3) is 4.98. The Labute approximate surface area is 117 Å². The van der Waals surface area contributed by atoms with E-state index in [4.69, 9.17) is 5.73 Å². The van der Waals surface area contributed by atoms with Gasteiger partial charge in [-0.3, -0.25) is 10.3 Å². The zero-order valence-electron chi connectivity index (χ0n) is 12.3. The Morgan fingerprint density at radius 3 is 2.68 bits per heavy atom. The number of rotatable bonds is 5. The molecule has 0 spiro atoms. The monoisotopic (exact) mass is 263 g/mol. The van der Waals surface area contributed by atoms with Crippen molar-refractivity contribution in [2.45, 2.75) is 64.5 Å². The van der Waals surface area contributed by atoms with Crippen molar-refractivity contribution in [3.8, 4) is 0 Å². The molecule has 3 N–H and O–H groups in total. The lowest BCUT2D eigenvalue weighted by Crippen LogP contribution is -2.32. The second kappa shape index (κ2) is 7.68. The normalized spacial score (nSPS) is 30.3. The van der Waals surface area contributed by atoms with Crippen molar-refractivity contribution in [1.82, 2.24) is 5.32 Å². The second-order valence-corrected chi connectivity index (χ2v) is 6.06. The molecular weight excluding hydrogens is 234 g/mol. The predicted molar refractivity (Wildman–Crippen MR) is 82.1 cm³/mol. The molecule has 1 saturated carbocycles. The molecule has 1 unspecified atom stereocenters. The molecule has 1 aliphatic heterocycles. The largest absolute Gasteiger partial charge is 0.404 e. The number of hydrogen-bond donors (Lipinski definition) is 2. The van der Waals surface area contributed by atoms with Crippen LogP contribution in [0.1, 0.15) is 58.3 Å². The minimum Gasteiger partial charge on any atom is -0.404 e. The molecule has 0 amide bonds. The Hall–Kier alpha value is -0.830. The molecule has 3 heteroatoms. The number of nitrogens with one attached hydrogen (secondary N) is 1. The third-order valence-corrected chi connectivity index (χ3v) is 4.41. The molecule has 2 fully saturated rings. The molecule has 0 radical (unpaired) electrons. The molecule has 1 heterocycles. The van der Waals surface area contributed by atoms with E-state index in [0.717, 1.165) is 36.8 Å². The Balaban J connectivity index is 1.76. The van der Waals surface area contributed by atoms with E-state index in [9.17, 15) is 0 Å². The quantitative estimate of drug-likeness (QED) is 0.748. The highest BCUT2D eigenvalue weighted by Crippen LogP contribution is 2.41. The Morgan fingerprint density at radius 2 is 2.00 bits per heavy atom. The van der Waals surface area contributed by atoms with Gasteiger partial charge in [0.25, 0.3) is 0 Å². The number of allylic oxidation sites excluding steroid dienone is 1. The van der Waals surface area contributed by atoms with Gasteiger partial charge in [0.1, 0.15) is 0 Å². The van der Waals surface area contributed by atoms with Gasteiger partial charge < -0.3 is 5.73 Å². The summed E-state index contributed by atoms with van der Waals surface area (Å²) in [6.07, 6.45) is 14.3. The van der Waals surface area contributed by atoms with E-state index >= 15 is 0 Å². The van der Waals surface area contributed by atoms with Crippen LogP contribution in [0.25, 0.3) is 0 Å². The number of aliphatic imine (C=N–C) groups is 1. The number of hydrogen-bond acceptors (Lipinski definition) is 3. The molecular formula is C16H29N3. The van der Waals surface area contributed by atoms with E-state index in [1.54, 1.807) is 6.20 Å². The van der Waals surface area contributed by atoms with E-state index in [-0.39, 0.29) is 0 Å². The summed E-state index contributed by atoms with van der Waals surface area (Å²) >= 11 is 0. The average molecular weight is 263 g/mol. The standard InChI is InChI=1S/C16H29N3/c1-2-4-13(11-17)12-19-16-6-3-5-14(9-10-18-16)15-7-8-15/h11-12,14-16,18H,2-10,17H2,1H3/b13-11-,19-12-/t14-,16?/m0/s1. The fourth-order valence-corrected chi connectivity index (χ4v) is 3.09. The molecule has 19 heavy (non-hydrogen) atoms. The highest BCUT2D eigenvalue weighted by Gasteiger charge is 2.31. The van der Waals surface area contributed by atoms with Gasteiger partial charge in [-0.25, -0.2) is 0 Å². The minimum atomic E-state index is 0.298. The van der Waals surface area contributed by atoms with Gasteiger partial charge in [-0.1, -0.05) is 19.8 Å². The summed E-state index contributed by atoms with van der Waals surface area (Å²) in [4.78, 5) is 4.68. The molecule has 0 aromatic rings. The van der Waals surface area contributed by atoms with Crippen LogP contribution in [0.3, 0.4) is 0 Å². The van der Waals surface area contributed by atoms with Gasteiger partial charge in [-0.2, -0.15) is 0 Å². The summed E-state index contributed by atoms with van der Waals surface area (Å²) < 4.78 is 0. The van der Waals surface area contributed by atoms with Gasteiger partial charge in [-0.15, -0.1) is 0 Å². The SMILES string of the molecule is CCCC(/C=N\C1CCC[C@H](C2CC2)CCN1)=C/N. The Bertz CT molecular complexity index is 308. The van der Waals surface area contributed by atoms with Crippen LogP contribution < -0.4 is 11.1 Å². The average Bonchev–Trinajstić information content (AvgIpc) is 3.20. The molecule has 2 aliphatic rings.